The van der Waals surface area contributed by atoms with Crippen molar-refractivity contribution in [2.45, 2.75) is 24.8 Å². The summed E-state index contributed by atoms with van der Waals surface area (Å²) in [6.45, 7) is 2.07. The third kappa shape index (κ3) is 4.38. The number of thiazole rings is 1. The smallest absolute Gasteiger partial charge is 0.181 e. The number of nitriles is 1. The molecule has 0 fully saturated rings. The lowest BCUT2D eigenvalue weighted by Crippen LogP contribution is -2.02. The topological polar surface area (TPSA) is 92.7 Å². The van der Waals surface area contributed by atoms with Crippen molar-refractivity contribution < 1.29 is 8.63 Å². The van der Waals surface area contributed by atoms with Gasteiger partial charge in [0.2, 0.25) is 0 Å². The predicted molar refractivity (Wildman–Crippen MR) is 104 cm³/mol. The van der Waals surface area contributed by atoms with Gasteiger partial charge in [-0.1, -0.05) is 25.1 Å². The number of rotatable bonds is 8. The van der Waals surface area contributed by atoms with Crippen LogP contribution >= 0.6 is 23.1 Å². The van der Waals surface area contributed by atoms with Crippen molar-refractivity contribution in [2.75, 3.05) is 10.8 Å². The maximum atomic E-state index is 12.1. The molecule has 0 aliphatic rings. The van der Waals surface area contributed by atoms with Crippen molar-refractivity contribution in [3.05, 3.63) is 35.9 Å². The van der Waals surface area contributed by atoms with E-state index >= 15 is 0 Å². The highest BCUT2D eigenvalue weighted by Gasteiger charge is 2.18. The number of nitrogens with zero attached hydrogens (tertiary/aromatic N) is 4. The molecule has 0 amide bonds. The van der Waals surface area contributed by atoms with Crippen LogP contribution in [0.5, 0.6) is 0 Å². The van der Waals surface area contributed by atoms with Gasteiger partial charge in [0.1, 0.15) is 33.8 Å². The first-order valence-corrected chi connectivity index (χ1v) is 11.3. The number of oxazole rings is 1. The van der Waals surface area contributed by atoms with Gasteiger partial charge in [-0.05, 0) is 12.5 Å². The van der Waals surface area contributed by atoms with E-state index in [4.69, 9.17) is 4.42 Å². The molecule has 26 heavy (non-hydrogen) atoms. The second kappa shape index (κ2) is 9.07. The van der Waals surface area contributed by atoms with Crippen LogP contribution in [0.25, 0.3) is 22.0 Å². The summed E-state index contributed by atoms with van der Waals surface area (Å²) in [6.07, 6.45) is 6.47. The van der Waals surface area contributed by atoms with Gasteiger partial charge in [-0.2, -0.15) is 5.26 Å². The maximum absolute atomic E-state index is 12.1. The third-order valence-corrected chi connectivity index (χ3v) is 7.14. The standard InChI is InChI=1S/C17H16N4O2S3/c1-2-3-6-26(22)11-25-16-13(8-18)12(15-9-23-10-20-15)7-14(21-16)17-19-4-5-24-17/h4-5,7,9-10H,2-3,6,11H2,1H3. The number of pyridine rings is 1. The molecule has 0 radical (unpaired) electrons. The lowest BCUT2D eigenvalue weighted by molar-refractivity contribution is 0.558. The first-order valence-electron chi connectivity index (χ1n) is 7.94. The van der Waals surface area contributed by atoms with Crippen LogP contribution < -0.4 is 0 Å². The van der Waals surface area contributed by atoms with Gasteiger partial charge in [0.15, 0.2) is 6.39 Å². The molecule has 0 bridgehead atoms. The summed E-state index contributed by atoms with van der Waals surface area (Å²) in [6, 6.07) is 4.01. The van der Waals surface area contributed by atoms with Gasteiger partial charge in [-0.25, -0.2) is 15.0 Å². The lowest BCUT2D eigenvalue weighted by atomic mass is 10.1. The Kier molecular flexibility index (Phi) is 6.55. The van der Waals surface area contributed by atoms with E-state index in [1.165, 1.54) is 35.8 Å². The molecule has 1 atom stereocenters. The quantitative estimate of drug-likeness (QED) is 0.516. The number of hydrogen-bond donors (Lipinski definition) is 0. The van der Waals surface area contributed by atoms with Crippen LogP contribution in [0.3, 0.4) is 0 Å². The SMILES string of the molecule is CCCCS(=O)CSc1nc(-c2nccs2)cc(-c2cocn2)c1C#N. The fraction of sp³-hybridized carbons (Fsp3) is 0.294. The van der Waals surface area contributed by atoms with Crippen LogP contribution in [-0.4, -0.2) is 30.0 Å². The molecule has 9 heteroatoms. The summed E-state index contributed by atoms with van der Waals surface area (Å²) in [5, 5.41) is 13.3. The number of hydrogen-bond acceptors (Lipinski definition) is 8. The average molecular weight is 405 g/mol. The Hall–Kier alpha value is -2.02. The van der Waals surface area contributed by atoms with Crippen LogP contribution in [0, 0.1) is 11.3 Å². The molecular formula is C17H16N4O2S3. The Labute approximate surface area is 162 Å². The summed E-state index contributed by atoms with van der Waals surface area (Å²) in [5.41, 5.74) is 2.29. The van der Waals surface area contributed by atoms with Crippen LogP contribution in [0.1, 0.15) is 25.3 Å². The molecule has 0 aliphatic carbocycles. The average Bonchev–Trinajstić information content (AvgIpc) is 3.37. The minimum atomic E-state index is -0.951. The second-order valence-corrected chi connectivity index (χ2v) is 9.12. The summed E-state index contributed by atoms with van der Waals surface area (Å²) < 4.78 is 17.2. The van der Waals surface area contributed by atoms with E-state index in [-0.39, 0.29) is 0 Å². The zero-order valence-electron chi connectivity index (χ0n) is 14.0. The van der Waals surface area contributed by atoms with Gasteiger partial charge in [-0.3, -0.25) is 4.21 Å². The molecule has 0 spiro atoms. The van der Waals surface area contributed by atoms with Gasteiger partial charge >= 0.3 is 0 Å². The van der Waals surface area contributed by atoms with Crippen LogP contribution in [-0.2, 0) is 10.8 Å². The van der Waals surface area contributed by atoms with Crippen LogP contribution in [0.15, 0.2) is 39.7 Å². The highest BCUT2D eigenvalue weighted by atomic mass is 32.2. The van der Waals surface area contributed by atoms with Crippen molar-refractivity contribution >= 4 is 33.9 Å². The summed E-state index contributed by atoms with van der Waals surface area (Å²) in [7, 11) is -0.951. The molecule has 134 valence electrons. The molecule has 3 heterocycles. The Balaban J connectivity index is 1.99. The molecule has 0 N–H and O–H groups in total. The molecule has 0 aliphatic heterocycles. The largest absolute Gasteiger partial charge is 0.451 e. The number of unbranched alkanes of at least 4 members (excludes halogenated alkanes) is 1. The normalized spacial score (nSPS) is 12.0. The molecule has 3 rings (SSSR count). The van der Waals surface area contributed by atoms with E-state index in [0.717, 1.165) is 17.8 Å². The van der Waals surface area contributed by atoms with E-state index in [2.05, 4.69) is 27.9 Å². The van der Waals surface area contributed by atoms with Gasteiger partial charge in [-0.15, -0.1) is 11.3 Å². The van der Waals surface area contributed by atoms with Gasteiger partial charge in [0, 0.05) is 33.7 Å². The van der Waals surface area contributed by atoms with Gasteiger partial charge < -0.3 is 4.42 Å². The minimum Gasteiger partial charge on any atom is -0.451 e. The molecule has 0 saturated heterocycles. The lowest BCUT2D eigenvalue weighted by Gasteiger charge is -2.09. The van der Waals surface area contributed by atoms with Crippen molar-refractivity contribution in [1.82, 2.24) is 15.0 Å². The predicted octanol–water partition coefficient (Wildman–Crippen LogP) is 4.33. The molecule has 3 aromatic heterocycles. The number of aromatic nitrogens is 3. The van der Waals surface area contributed by atoms with Crippen LogP contribution in [0.4, 0.5) is 0 Å². The van der Waals surface area contributed by atoms with E-state index in [1.54, 1.807) is 12.3 Å². The molecule has 0 saturated carbocycles. The van der Waals surface area contributed by atoms with Crippen molar-refractivity contribution in [3.8, 4) is 28.0 Å². The highest BCUT2D eigenvalue weighted by molar-refractivity contribution is 8.10. The Morgan fingerprint density at radius 2 is 2.27 bits per heavy atom. The Morgan fingerprint density at radius 3 is 2.92 bits per heavy atom. The zero-order valence-corrected chi connectivity index (χ0v) is 16.5. The fourth-order valence-corrected chi connectivity index (χ4v) is 5.34. The third-order valence-electron chi connectivity index (χ3n) is 3.51. The Bertz CT molecular complexity index is 918. The van der Waals surface area contributed by atoms with E-state index < -0.39 is 10.8 Å². The summed E-state index contributed by atoms with van der Waals surface area (Å²) in [4.78, 5) is 13.1. The fourth-order valence-electron chi connectivity index (χ4n) is 2.23. The van der Waals surface area contributed by atoms with E-state index in [0.29, 0.717) is 38.4 Å². The first-order chi connectivity index (χ1) is 12.7. The molecule has 6 nitrogen and oxygen atoms in total. The highest BCUT2D eigenvalue weighted by Crippen LogP contribution is 2.34. The van der Waals surface area contributed by atoms with E-state index in [1.807, 2.05) is 5.38 Å². The zero-order chi connectivity index (χ0) is 18.4. The molecular weight excluding hydrogens is 388 g/mol. The van der Waals surface area contributed by atoms with Crippen molar-refractivity contribution in [3.63, 3.8) is 0 Å². The molecule has 3 aromatic rings. The van der Waals surface area contributed by atoms with Crippen LogP contribution in [0.2, 0.25) is 0 Å². The monoisotopic (exact) mass is 404 g/mol. The molecule has 0 aromatic carbocycles. The Morgan fingerprint density at radius 1 is 1.38 bits per heavy atom. The summed E-state index contributed by atoms with van der Waals surface area (Å²) in [5.74, 6) is 0.660. The summed E-state index contributed by atoms with van der Waals surface area (Å²) >= 11 is 2.81. The van der Waals surface area contributed by atoms with Gasteiger partial charge in [0.25, 0.3) is 0 Å². The van der Waals surface area contributed by atoms with Crippen molar-refractivity contribution in [2.24, 2.45) is 0 Å². The second-order valence-electron chi connectivity index (χ2n) is 5.32. The first kappa shape index (κ1) is 18.8. The van der Waals surface area contributed by atoms with E-state index in [9.17, 15) is 9.47 Å². The number of thioether (sulfide) groups is 1. The minimum absolute atomic E-state index is 0.404. The molecule has 1 unspecified atom stereocenters. The van der Waals surface area contributed by atoms with Crippen molar-refractivity contribution in [1.29, 1.82) is 5.26 Å². The maximum Gasteiger partial charge on any atom is 0.181 e. The van der Waals surface area contributed by atoms with Gasteiger partial charge in [0.05, 0.1) is 10.6 Å².